The average molecular weight is 379 g/mol. The zero-order valence-corrected chi connectivity index (χ0v) is 15.4. The van der Waals surface area contributed by atoms with E-state index in [9.17, 15) is 9.59 Å². The van der Waals surface area contributed by atoms with Crippen LogP contribution < -0.4 is 15.4 Å². The van der Waals surface area contributed by atoms with Crippen LogP contribution in [-0.4, -0.2) is 36.1 Å². The molecule has 1 fully saturated rings. The lowest BCUT2D eigenvalue weighted by Crippen LogP contribution is -2.44. The lowest BCUT2D eigenvalue weighted by atomic mass is 9.81. The zero-order valence-electron chi connectivity index (χ0n) is 15.4. The molecule has 144 valence electrons. The standard InChI is InChI=1S/C21H21N3O4/c1-27-15-6-4-14(5-7-15)24-21(26)19-17-9-8-16(28-17)18(19)20(25)23-12-13-3-2-10-22-11-13/h2-11,16-19H,12H2,1H3,(H,23,25)(H,24,26)/t16-,17-,18+,19+/m1/s1. The Morgan fingerprint density at radius 2 is 1.79 bits per heavy atom. The van der Waals surface area contributed by atoms with E-state index >= 15 is 0 Å². The fourth-order valence-corrected chi connectivity index (χ4v) is 3.64. The first-order chi connectivity index (χ1) is 13.7. The Labute approximate surface area is 162 Å². The maximum atomic E-state index is 12.9. The highest BCUT2D eigenvalue weighted by atomic mass is 16.5. The molecule has 0 spiro atoms. The number of carbonyl (C=O) groups excluding carboxylic acids is 2. The number of methoxy groups -OCH3 is 1. The third-order valence-electron chi connectivity index (χ3n) is 5.05. The van der Waals surface area contributed by atoms with Gasteiger partial charge >= 0.3 is 0 Å². The Morgan fingerprint density at radius 3 is 2.43 bits per heavy atom. The SMILES string of the molecule is COc1ccc(NC(=O)[C@@H]2[C@@H](C(=O)NCc3cccnc3)[C@H]3C=C[C@H]2O3)cc1. The number of amides is 2. The number of rotatable bonds is 6. The number of hydrogen-bond acceptors (Lipinski definition) is 5. The van der Waals surface area contributed by atoms with Crippen LogP contribution in [0, 0.1) is 11.8 Å². The molecule has 1 saturated heterocycles. The van der Waals surface area contributed by atoms with Gasteiger partial charge in [-0.1, -0.05) is 18.2 Å². The van der Waals surface area contributed by atoms with Gasteiger partial charge in [0.2, 0.25) is 11.8 Å². The Bertz CT molecular complexity index is 882. The predicted molar refractivity (Wildman–Crippen MR) is 102 cm³/mol. The summed E-state index contributed by atoms with van der Waals surface area (Å²) in [5.41, 5.74) is 1.54. The molecule has 2 bridgehead atoms. The van der Waals surface area contributed by atoms with E-state index in [1.165, 1.54) is 0 Å². The first-order valence-electron chi connectivity index (χ1n) is 9.11. The number of carbonyl (C=O) groups is 2. The molecule has 2 N–H and O–H groups in total. The number of aromatic nitrogens is 1. The molecule has 4 rings (SSSR count). The summed E-state index contributed by atoms with van der Waals surface area (Å²) in [7, 11) is 1.58. The van der Waals surface area contributed by atoms with Crippen LogP contribution in [0.1, 0.15) is 5.56 Å². The van der Waals surface area contributed by atoms with Gasteiger partial charge in [-0.3, -0.25) is 14.6 Å². The van der Waals surface area contributed by atoms with Gasteiger partial charge in [0.15, 0.2) is 0 Å². The largest absolute Gasteiger partial charge is 0.497 e. The average Bonchev–Trinajstić information content (AvgIpc) is 3.35. The molecule has 7 heteroatoms. The van der Waals surface area contributed by atoms with Crippen LogP contribution in [0.15, 0.2) is 60.9 Å². The molecule has 2 aromatic rings. The van der Waals surface area contributed by atoms with Crippen molar-refractivity contribution in [3.8, 4) is 5.75 Å². The first-order valence-corrected chi connectivity index (χ1v) is 9.11. The highest BCUT2D eigenvalue weighted by Gasteiger charge is 2.52. The van der Waals surface area contributed by atoms with E-state index in [2.05, 4.69) is 15.6 Å². The van der Waals surface area contributed by atoms with Crippen molar-refractivity contribution in [1.82, 2.24) is 10.3 Å². The minimum atomic E-state index is -0.578. The van der Waals surface area contributed by atoms with E-state index in [-0.39, 0.29) is 17.9 Å². The van der Waals surface area contributed by atoms with Gasteiger partial charge in [0.25, 0.3) is 0 Å². The molecule has 28 heavy (non-hydrogen) atoms. The van der Waals surface area contributed by atoms with Gasteiger partial charge in [-0.05, 0) is 35.9 Å². The summed E-state index contributed by atoms with van der Waals surface area (Å²) < 4.78 is 10.9. The van der Waals surface area contributed by atoms with Crippen molar-refractivity contribution in [1.29, 1.82) is 0 Å². The van der Waals surface area contributed by atoms with Crippen molar-refractivity contribution in [3.63, 3.8) is 0 Å². The molecule has 1 aromatic carbocycles. The van der Waals surface area contributed by atoms with Gasteiger partial charge in [-0.25, -0.2) is 0 Å². The normalized spacial score (nSPS) is 24.8. The van der Waals surface area contributed by atoms with E-state index in [1.54, 1.807) is 43.8 Å². The Kier molecular flexibility index (Phi) is 5.08. The maximum absolute atomic E-state index is 12.9. The Morgan fingerprint density at radius 1 is 1.07 bits per heavy atom. The van der Waals surface area contributed by atoms with E-state index in [0.29, 0.717) is 18.0 Å². The number of anilines is 1. The van der Waals surface area contributed by atoms with Crippen LogP contribution in [0.5, 0.6) is 5.75 Å². The summed E-state index contributed by atoms with van der Waals surface area (Å²) in [6, 6.07) is 10.8. The Balaban J connectivity index is 1.44. The molecule has 0 aliphatic carbocycles. The summed E-state index contributed by atoms with van der Waals surface area (Å²) in [5, 5.41) is 5.78. The molecular formula is C21H21N3O4. The molecule has 4 atom stereocenters. The number of ether oxygens (including phenoxy) is 2. The second kappa shape index (κ2) is 7.82. The van der Waals surface area contributed by atoms with E-state index in [4.69, 9.17) is 9.47 Å². The topological polar surface area (TPSA) is 89.5 Å². The number of benzene rings is 1. The van der Waals surface area contributed by atoms with Gasteiger partial charge in [-0.2, -0.15) is 0 Å². The number of pyridine rings is 1. The third-order valence-corrected chi connectivity index (χ3v) is 5.05. The van der Waals surface area contributed by atoms with Crippen molar-refractivity contribution in [2.75, 3.05) is 12.4 Å². The molecule has 0 radical (unpaired) electrons. The van der Waals surface area contributed by atoms with Gasteiger partial charge in [0.05, 0.1) is 31.2 Å². The maximum Gasteiger partial charge on any atom is 0.231 e. The highest BCUT2D eigenvalue weighted by Crippen LogP contribution is 2.40. The van der Waals surface area contributed by atoms with Crippen LogP contribution in [0.25, 0.3) is 0 Å². The van der Waals surface area contributed by atoms with Gasteiger partial charge in [0, 0.05) is 24.6 Å². The molecule has 0 saturated carbocycles. The monoisotopic (exact) mass is 379 g/mol. The van der Waals surface area contributed by atoms with Crippen molar-refractivity contribution in [2.45, 2.75) is 18.8 Å². The molecule has 3 heterocycles. The van der Waals surface area contributed by atoms with Crippen LogP contribution in [0.3, 0.4) is 0 Å². The number of nitrogens with one attached hydrogen (secondary N) is 2. The lowest BCUT2D eigenvalue weighted by Gasteiger charge is -2.23. The molecule has 1 aromatic heterocycles. The van der Waals surface area contributed by atoms with Crippen molar-refractivity contribution in [3.05, 3.63) is 66.5 Å². The zero-order chi connectivity index (χ0) is 19.5. The minimum Gasteiger partial charge on any atom is -0.497 e. The van der Waals surface area contributed by atoms with Crippen LogP contribution in [-0.2, 0) is 20.9 Å². The molecule has 7 nitrogen and oxygen atoms in total. The second-order valence-electron chi connectivity index (χ2n) is 6.80. The quantitative estimate of drug-likeness (QED) is 0.749. The second-order valence-corrected chi connectivity index (χ2v) is 6.80. The van der Waals surface area contributed by atoms with Crippen molar-refractivity contribution in [2.24, 2.45) is 11.8 Å². The molecule has 2 aliphatic rings. The van der Waals surface area contributed by atoms with Gasteiger partial charge in [-0.15, -0.1) is 0 Å². The van der Waals surface area contributed by atoms with Crippen molar-refractivity contribution < 1.29 is 19.1 Å². The highest BCUT2D eigenvalue weighted by molar-refractivity contribution is 5.97. The predicted octanol–water partition coefficient (Wildman–Crippen LogP) is 1.91. The molecular weight excluding hydrogens is 358 g/mol. The first kappa shape index (κ1) is 18.2. The fraction of sp³-hybridized carbons (Fsp3) is 0.286. The Hall–Kier alpha value is -3.19. The number of fused-ring (bicyclic) bond motifs is 2. The minimum absolute atomic E-state index is 0.199. The van der Waals surface area contributed by atoms with E-state index in [0.717, 1.165) is 5.56 Å². The van der Waals surface area contributed by atoms with E-state index in [1.807, 2.05) is 24.3 Å². The van der Waals surface area contributed by atoms with Crippen LogP contribution in [0.4, 0.5) is 5.69 Å². The number of nitrogens with zero attached hydrogens (tertiary/aromatic N) is 1. The number of hydrogen-bond donors (Lipinski definition) is 2. The summed E-state index contributed by atoms with van der Waals surface area (Å²) >= 11 is 0. The molecule has 2 aliphatic heterocycles. The summed E-state index contributed by atoms with van der Waals surface area (Å²) in [5.74, 6) is -0.869. The third kappa shape index (κ3) is 3.61. The van der Waals surface area contributed by atoms with Crippen LogP contribution in [0.2, 0.25) is 0 Å². The fourth-order valence-electron chi connectivity index (χ4n) is 3.64. The summed E-state index contributed by atoms with van der Waals surface area (Å²) in [6.07, 6.45) is 6.32. The van der Waals surface area contributed by atoms with Gasteiger partial charge in [0.1, 0.15) is 5.75 Å². The summed E-state index contributed by atoms with van der Waals surface area (Å²) in [4.78, 5) is 29.8. The lowest BCUT2D eigenvalue weighted by molar-refractivity contribution is -0.131. The summed E-state index contributed by atoms with van der Waals surface area (Å²) in [6.45, 7) is 0.358. The van der Waals surface area contributed by atoms with E-state index < -0.39 is 17.9 Å². The smallest absolute Gasteiger partial charge is 0.231 e. The molecule has 2 amide bonds. The molecule has 0 unspecified atom stereocenters. The van der Waals surface area contributed by atoms with Crippen molar-refractivity contribution >= 4 is 17.5 Å². The van der Waals surface area contributed by atoms with Gasteiger partial charge < -0.3 is 20.1 Å². The van der Waals surface area contributed by atoms with Crippen LogP contribution >= 0.6 is 0 Å².